The summed E-state index contributed by atoms with van der Waals surface area (Å²) in [6.45, 7) is 5.84. The molecule has 0 spiro atoms. The number of carbonyl (C=O) groups excluding carboxylic acids is 1. The molecule has 0 aliphatic heterocycles. The first-order valence-corrected chi connectivity index (χ1v) is 8.21. The molecule has 0 aliphatic rings. The second-order valence-corrected chi connectivity index (χ2v) is 8.78. The molecule has 0 amide bonds. The largest absolute Gasteiger partial charge is 0.298 e. The van der Waals surface area contributed by atoms with E-state index in [2.05, 4.69) is 47.8 Å². The maximum Gasteiger partial charge on any atom is 0.152 e. The fourth-order valence-electron chi connectivity index (χ4n) is 1.26. The van der Waals surface area contributed by atoms with E-state index in [-0.39, 0.29) is 16.0 Å². The molecule has 1 aromatic heterocycles. The molecule has 0 N–H and O–H groups in total. The maximum atomic E-state index is 12.0. The summed E-state index contributed by atoms with van der Waals surface area (Å²) in [4.78, 5) is 11.9. The molecular weight excluding hydrogens is 420 g/mol. The van der Waals surface area contributed by atoms with Gasteiger partial charge < -0.3 is 0 Å². The summed E-state index contributed by atoms with van der Waals surface area (Å²) in [6.07, 6.45) is 0.709. The molecule has 1 aromatic rings. The van der Waals surface area contributed by atoms with Crippen LogP contribution in [0.1, 0.15) is 26.3 Å². The minimum absolute atomic E-state index is 0.130. The highest BCUT2D eigenvalue weighted by Gasteiger charge is 2.28. The molecule has 16 heavy (non-hydrogen) atoms. The first-order valence-electron chi connectivity index (χ1n) is 4.83. The van der Waals surface area contributed by atoms with Gasteiger partial charge in [-0.05, 0) is 43.8 Å². The van der Waals surface area contributed by atoms with Gasteiger partial charge in [0.2, 0.25) is 0 Å². The van der Waals surface area contributed by atoms with Crippen molar-refractivity contribution in [2.45, 2.75) is 32.0 Å². The van der Waals surface area contributed by atoms with Crippen molar-refractivity contribution in [2.24, 2.45) is 5.41 Å². The number of thiophene rings is 1. The van der Waals surface area contributed by atoms with Crippen molar-refractivity contribution in [3.8, 4) is 0 Å². The van der Waals surface area contributed by atoms with Crippen molar-refractivity contribution in [3.05, 3.63) is 19.2 Å². The van der Waals surface area contributed by atoms with Crippen LogP contribution >= 0.6 is 59.1 Å². The molecule has 0 saturated carbocycles. The zero-order valence-electron chi connectivity index (χ0n) is 9.31. The lowest BCUT2D eigenvalue weighted by Gasteiger charge is -2.20. The molecule has 0 aromatic carbocycles. The number of ketones is 1. The molecule has 1 nitrogen and oxygen atoms in total. The summed E-state index contributed by atoms with van der Waals surface area (Å²) in [7, 11) is 0. The van der Waals surface area contributed by atoms with Gasteiger partial charge in [-0.3, -0.25) is 4.79 Å². The lowest BCUT2D eigenvalue weighted by atomic mass is 9.87. The fourth-order valence-corrected chi connectivity index (χ4v) is 4.65. The van der Waals surface area contributed by atoms with Crippen molar-refractivity contribution in [2.75, 3.05) is 0 Å². The van der Waals surface area contributed by atoms with Crippen LogP contribution in [0.3, 0.4) is 0 Å². The van der Waals surface area contributed by atoms with Crippen molar-refractivity contribution in [3.63, 3.8) is 0 Å². The van der Waals surface area contributed by atoms with Crippen molar-refractivity contribution in [1.29, 1.82) is 0 Å². The molecule has 1 rings (SSSR count). The van der Waals surface area contributed by atoms with Crippen LogP contribution in [-0.2, 0) is 11.2 Å². The summed E-state index contributed by atoms with van der Waals surface area (Å²) in [5.41, 5.74) is 0.854. The maximum absolute atomic E-state index is 12.0. The highest BCUT2D eigenvalue weighted by molar-refractivity contribution is 9.11. The molecule has 1 heterocycles. The van der Waals surface area contributed by atoms with Crippen molar-refractivity contribution < 1.29 is 4.79 Å². The third-order valence-electron chi connectivity index (χ3n) is 2.20. The number of alkyl halides is 1. The molecule has 0 bridgehead atoms. The van der Waals surface area contributed by atoms with Crippen LogP contribution in [0, 0.1) is 5.41 Å². The van der Waals surface area contributed by atoms with Crippen LogP contribution < -0.4 is 0 Å². The minimum atomic E-state index is -0.302. The minimum Gasteiger partial charge on any atom is -0.298 e. The van der Waals surface area contributed by atoms with Crippen molar-refractivity contribution in [1.82, 2.24) is 0 Å². The van der Waals surface area contributed by atoms with Crippen LogP contribution in [0.2, 0.25) is 0 Å². The molecular formula is C11H13Br3OS. The van der Waals surface area contributed by atoms with E-state index < -0.39 is 0 Å². The number of Topliss-reactive ketones (excluding diaryl/α,β-unsaturated/α-hetero) is 1. The Morgan fingerprint density at radius 3 is 2.38 bits per heavy atom. The Kier molecular flexibility index (Phi) is 5.24. The summed E-state index contributed by atoms with van der Waals surface area (Å²) in [5.74, 6) is 0.234. The second-order valence-electron chi connectivity index (χ2n) is 4.62. The fraction of sp³-hybridized carbons (Fsp3) is 0.545. The summed E-state index contributed by atoms with van der Waals surface area (Å²) >= 11 is 12.1. The molecule has 0 fully saturated rings. The van der Waals surface area contributed by atoms with Gasteiger partial charge in [0.15, 0.2) is 5.78 Å². The SMILES string of the molecule is CC(C)(C)C(=O)C(Br)Cc1c(Br)csc1Br. The van der Waals surface area contributed by atoms with E-state index in [1.165, 1.54) is 0 Å². The summed E-state index contributed by atoms with van der Waals surface area (Å²) < 4.78 is 2.15. The van der Waals surface area contributed by atoms with Gasteiger partial charge in [-0.2, -0.15) is 0 Å². The smallest absolute Gasteiger partial charge is 0.152 e. The third-order valence-corrected chi connectivity index (χ3v) is 5.79. The van der Waals surface area contributed by atoms with Gasteiger partial charge in [-0.15, -0.1) is 11.3 Å². The van der Waals surface area contributed by atoms with Crippen LogP contribution in [0.4, 0.5) is 0 Å². The van der Waals surface area contributed by atoms with E-state index in [0.717, 1.165) is 13.8 Å². The van der Waals surface area contributed by atoms with Crippen LogP contribution in [0.25, 0.3) is 0 Å². The first-order chi connectivity index (χ1) is 7.23. The number of carbonyl (C=O) groups is 1. The quantitative estimate of drug-likeness (QED) is 0.600. The van der Waals surface area contributed by atoms with Gasteiger partial charge in [0, 0.05) is 15.3 Å². The number of hydrogen-bond acceptors (Lipinski definition) is 2. The Labute approximate surface area is 125 Å². The Balaban J connectivity index is 2.80. The molecule has 1 atom stereocenters. The lowest BCUT2D eigenvalue weighted by molar-refractivity contribution is -0.125. The van der Waals surface area contributed by atoms with E-state index in [1.807, 2.05) is 26.2 Å². The van der Waals surface area contributed by atoms with Gasteiger partial charge in [0.25, 0.3) is 0 Å². The highest BCUT2D eigenvalue weighted by atomic mass is 79.9. The molecule has 90 valence electrons. The Morgan fingerprint density at radius 2 is 2.00 bits per heavy atom. The van der Waals surface area contributed by atoms with E-state index in [0.29, 0.717) is 6.42 Å². The monoisotopic (exact) mass is 430 g/mol. The van der Waals surface area contributed by atoms with Crippen LogP contribution in [0.15, 0.2) is 13.6 Å². The summed E-state index contributed by atoms with van der Waals surface area (Å²) in [5, 5.41) is 2.03. The molecule has 0 aliphatic carbocycles. The Hall–Kier alpha value is 0.810. The van der Waals surface area contributed by atoms with Gasteiger partial charge in [-0.25, -0.2) is 0 Å². The number of hydrogen-bond donors (Lipinski definition) is 0. The normalized spacial score (nSPS) is 13.9. The van der Waals surface area contributed by atoms with Gasteiger partial charge in [0.05, 0.1) is 8.61 Å². The predicted octanol–water partition coefficient (Wildman–Crippen LogP) is 5.19. The van der Waals surface area contributed by atoms with Crippen LogP contribution in [-0.4, -0.2) is 10.6 Å². The number of halogens is 3. The second kappa shape index (κ2) is 5.63. The first kappa shape index (κ1) is 14.9. The topological polar surface area (TPSA) is 17.1 Å². The average Bonchev–Trinajstić information content (AvgIpc) is 2.46. The molecule has 1 unspecified atom stereocenters. The van der Waals surface area contributed by atoms with E-state index in [1.54, 1.807) is 11.3 Å². The third kappa shape index (κ3) is 3.65. The Morgan fingerprint density at radius 1 is 1.44 bits per heavy atom. The van der Waals surface area contributed by atoms with Crippen LogP contribution in [0.5, 0.6) is 0 Å². The highest BCUT2D eigenvalue weighted by Crippen LogP contribution is 2.35. The van der Waals surface area contributed by atoms with Gasteiger partial charge >= 0.3 is 0 Å². The van der Waals surface area contributed by atoms with Crippen molar-refractivity contribution >= 4 is 64.9 Å². The standard InChI is InChI=1S/C11H13Br3OS/c1-11(2,3)9(15)7(12)4-6-8(13)5-16-10(6)14/h5,7H,4H2,1-3H3. The lowest BCUT2D eigenvalue weighted by Crippen LogP contribution is -2.30. The average molecular weight is 433 g/mol. The van der Waals surface area contributed by atoms with E-state index >= 15 is 0 Å². The Bertz CT molecular complexity index is 373. The summed E-state index contributed by atoms with van der Waals surface area (Å²) in [6, 6.07) is 0. The predicted molar refractivity (Wildman–Crippen MR) is 80.6 cm³/mol. The zero-order valence-corrected chi connectivity index (χ0v) is 14.9. The van der Waals surface area contributed by atoms with E-state index in [4.69, 9.17) is 0 Å². The molecule has 5 heteroatoms. The number of rotatable bonds is 3. The zero-order chi connectivity index (χ0) is 12.5. The molecule has 0 saturated heterocycles. The van der Waals surface area contributed by atoms with Gasteiger partial charge in [0.1, 0.15) is 0 Å². The molecule has 0 radical (unpaired) electrons. The van der Waals surface area contributed by atoms with Gasteiger partial charge in [-0.1, -0.05) is 36.7 Å². The van der Waals surface area contributed by atoms with E-state index in [9.17, 15) is 4.79 Å².